The summed E-state index contributed by atoms with van der Waals surface area (Å²) in [5, 5.41) is 4.20. The van der Waals surface area contributed by atoms with E-state index in [0.29, 0.717) is 31.6 Å². The molecule has 0 fully saturated rings. The standard InChI is InChI=1S/C22H26N4O3S3/c1-22(2,3)26-19(27)18-16(23)15-17(24-21(30-4)25-20(15)31-18)14-10-8-13(9-11-14)7-6-12-32(5,28)29/h6-11H,12,23H2,1-5H3,(H,26,27). The third kappa shape index (κ3) is 5.87. The summed E-state index contributed by atoms with van der Waals surface area (Å²) < 4.78 is 22.6. The summed E-state index contributed by atoms with van der Waals surface area (Å²) in [4.78, 5) is 23.1. The lowest BCUT2D eigenvalue weighted by atomic mass is 10.1. The van der Waals surface area contributed by atoms with E-state index in [1.807, 2.05) is 51.3 Å². The second-order valence-electron chi connectivity index (χ2n) is 8.40. The number of thiophene rings is 1. The molecule has 0 aliphatic rings. The number of carbonyl (C=O) groups is 1. The third-order valence-corrected chi connectivity index (χ3v) is 6.78. The monoisotopic (exact) mass is 490 g/mol. The molecule has 3 aromatic rings. The minimum absolute atomic E-state index is 0.0107. The molecule has 1 aromatic carbocycles. The normalized spacial score (nSPS) is 12.5. The lowest BCUT2D eigenvalue weighted by Gasteiger charge is -2.20. The van der Waals surface area contributed by atoms with E-state index in [-0.39, 0.29) is 17.2 Å². The molecule has 10 heteroatoms. The molecule has 3 rings (SSSR count). The fraction of sp³-hybridized carbons (Fsp3) is 0.318. The highest BCUT2D eigenvalue weighted by Gasteiger charge is 2.24. The smallest absolute Gasteiger partial charge is 0.263 e. The first-order valence-electron chi connectivity index (χ1n) is 9.79. The molecule has 0 aliphatic carbocycles. The molecule has 2 aromatic heterocycles. The van der Waals surface area contributed by atoms with E-state index < -0.39 is 9.84 Å². The van der Waals surface area contributed by atoms with Crippen molar-refractivity contribution >= 4 is 60.8 Å². The summed E-state index contributed by atoms with van der Waals surface area (Å²) in [6.07, 6.45) is 6.48. The minimum atomic E-state index is -3.05. The van der Waals surface area contributed by atoms with Crippen LogP contribution < -0.4 is 11.1 Å². The number of amides is 1. The van der Waals surface area contributed by atoms with Crippen LogP contribution in [0.3, 0.4) is 0 Å². The van der Waals surface area contributed by atoms with Crippen molar-refractivity contribution in [2.75, 3.05) is 24.0 Å². The number of nitrogens with one attached hydrogen (secondary N) is 1. The van der Waals surface area contributed by atoms with Gasteiger partial charge in [0.1, 0.15) is 9.71 Å². The maximum atomic E-state index is 12.8. The number of fused-ring (bicyclic) bond motifs is 1. The van der Waals surface area contributed by atoms with Crippen molar-refractivity contribution in [2.24, 2.45) is 0 Å². The fourth-order valence-corrected chi connectivity index (χ4v) is 4.84. The van der Waals surface area contributed by atoms with E-state index in [9.17, 15) is 13.2 Å². The zero-order chi connectivity index (χ0) is 23.7. The molecule has 0 saturated heterocycles. The number of aromatic nitrogens is 2. The second kappa shape index (κ2) is 9.21. The molecule has 0 atom stereocenters. The Morgan fingerprint density at radius 1 is 1.22 bits per heavy atom. The number of nitrogen functional groups attached to an aromatic ring is 1. The predicted molar refractivity (Wildman–Crippen MR) is 135 cm³/mol. The molecule has 0 radical (unpaired) electrons. The number of hydrogen-bond acceptors (Lipinski definition) is 8. The first kappa shape index (κ1) is 24.2. The van der Waals surface area contributed by atoms with Crippen molar-refractivity contribution in [1.82, 2.24) is 15.3 Å². The van der Waals surface area contributed by atoms with E-state index in [1.165, 1.54) is 29.4 Å². The zero-order valence-corrected chi connectivity index (χ0v) is 21.0. The van der Waals surface area contributed by atoms with Gasteiger partial charge in [-0.25, -0.2) is 18.4 Å². The molecule has 170 valence electrons. The average Bonchev–Trinajstić information content (AvgIpc) is 3.02. The molecular weight excluding hydrogens is 464 g/mol. The zero-order valence-electron chi connectivity index (χ0n) is 18.6. The molecule has 2 heterocycles. The molecule has 32 heavy (non-hydrogen) atoms. The van der Waals surface area contributed by atoms with Crippen molar-refractivity contribution in [2.45, 2.75) is 31.5 Å². The van der Waals surface area contributed by atoms with Gasteiger partial charge in [-0.1, -0.05) is 48.2 Å². The number of anilines is 1. The van der Waals surface area contributed by atoms with Crippen LogP contribution in [-0.4, -0.2) is 48.1 Å². The van der Waals surface area contributed by atoms with Crippen molar-refractivity contribution in [3.05, 3.63) is 40.8 Å². The number of sulfone groups is 1. The van der Waals surface area contributed by atoms with Crippen LogP contribution in [0, 0.1) is 0 Å². The van der Waals surface area contributed by atoms with Gasteiger partial charge in [-0.05, 0) is 32.6 Å². The van der Waals surface area contributed by atoms with Gasteiger partial charge in [0.05, 0.1) is 22.5 Å². The summed E-state index contributed by atoms with van der Waals surface area (Å²) in [7, 11) is -3.05. The van der Waals surface area contributed by atoms with Gasteiger partial charge in [-0.2, -0.15) is 0 Å². The summed E-state index contributed by atoms with van der Waals surface area (Å²) in [5.41, 5.74) is 8.76. The number of nitrogens with two attached hydrogens (primary N) is 1. The van der Waals surface area contributed by atoms with E-state index >= 15 is 0 Å². The van der Waals surface area contributed by atoms with Crippen LogP contribution in [0.2, 0.25) is 0 Å². The van der Waals surface area contributed by atoms with Crippen LogP contribution in [0.4, 0.5) is 5.69 Å². The van der Waals surface area contributed by atoms with Gasteiger partial charge in [-0.15, -0.1) is 11.3 Å². The Kier molecular flexibility index (Phi) is 6.97. The predicted octanol–water partition coefficient (Wildman–Crippen LogP) is 4.25. The van der Waals surface area contributed by atoms with Gasteiger partial charge >= 0.3 is 0 Å². The molecule has 0 aliphatic heterocycles. The highest BCUT2D eigenvalue weighted by Crippen LogP contribution is 2.39. The van der Waals surface area contributed by atoms with Crippen molar-refractivity contribution in [1.29, 1.82) is 0 Å². The van der Waals surface area contributed by atoms with Gasteiger partial charge < -0.3 is 11.1 Å². The lowest BCUT2D eigenvalue weighted by Crippen LogP contribution is -2.40. The van der Waals surface area contributed by atoms with Crippen molar-refractivity contribution < 1.29 is 13.2 Å². The van der Waals surface area contributed by atoms with Crippen LogP contribution in [0.15, 0.2) is 35.5 Å². The number of thioether (sulfide) groups is 1. The maximum Gasteiger partial charge on any atom is 0.263 e. The molecular formula is C22H26N4O3S3. The van der Waals surface area contributed by atoms with Gasteiger partial charge in [0.25, 0.3) is 5.91 Å². The number of rotatable bonds is 6. The Hall–Kier alpha value is -2.43. The van der Waals surface area contributed by atoms with E-state index in [1.54, 1.807) is 12.2 Å². The molecule has 0 unspecified atom stereocenters. The Balaban J connectivity index is 2.05. The van der Waals surface area contributed by atoms with Gasteiger partial charge in [-0.3, -0.25) is 4.79 Å². The number of nitrogens with zero attached hydrogens (tertiary/aromatic N) is 2. The average molecular weight is 491 g/mol. The summed E-state index contributed by atoms with van der Waals surface area (Å²) in [6.45, 7) is 5.74. The first-order valence-corrected chi connectivity index (χ1v) is 13.9. The lowest BCUT2D eigenvalue weighted by molar-refractivity contribution is 0.0924. The largest absolute Gasteiger partial charge is 0.397 e. The van der Waals surface area contributed by atoms with Crippen molar-refractivity contribution in [3.63, 3.8) is 0 Å². The number of hydrogen-bond donors (Lipinski definition) is 2. The quantitative estimate of drug-likeness (QED) is 0.392. The minimum Gasteiger partial charge on any atom is -0.397 e. The molecule has 1 amide bonds. The molecule has 7 nitrogen and oxygen atoms in total. The van der Waals surface area contributed by atoms with E-state index in [4.69, 9.17) is 5.73 Å². The third-order valence-electron chi connectivity index (χ3n) is 4.34. The maximum absolute atomic E-state index is 12.8. The molecule has 0 spiro atoms. The van der Waals surface area contributed by atoms with Crippen LogP contribution >= 0.6 is 23.1 Å². The van der Waals surface area contributed by atoms with Gasteiger partial charge in [0, 0.05) is 17.4 Å². The first-order chi connectivity index (χ1) is 14.9. The topological polar surface area (TPSA) is 115 Å². The van der Waals surface area contributed by atoms with Crippen LogP contribution in [-0.2, 0) is 9.84 Å². The van der Waals surface area contributed by atoms with Crippen LogP contribution in [0.25, 0.3) is 27.6 Å². The van der Waals surface area contributed by atoms with Gasteiger partial charge in [0.2, 0.25) is 0 Å². The van der Waals surface area contributed by atoms with Crippen LogP contribution in [0.5, 0.6) is 0 Å². The van der Waals surface area contributed by atoms with Gasteiger partial charge in [0.15, 0.2) is 15.0 Å². The highest BCUT2D eigenvalue weighted by molar-refractivity contribution is 7.98. The Labute approximate surface area is 196 Å². The van der Waals surface area contributed by atoms with E-state index in [0.717, 1.165) is 11.1 Å². The highest BCUT2D eigenvalue weighted by atomic mass is 32.2. The van der Waals surface area contributed by atoms with E-state index in [2.05, 4.69) is 15.3 Å². The molecule has 0 saturated carbocycles. The fourth-order valence-electron chi connectivity index (χ4n) is 2.98. The SMILES string of the molecule is CSc1nc(-c2ccc(C=CCS(C)(=O)=O)cc2)c2c(N)c(C(=O)NC(C)(C)C)sc2n1. The summed E-state index contributed by atoms with van der Waals surface area (Å²) >= 11 is 2.68. The second-order valence-corrected chi connectivity index (χ2v) is 12.4. The molecule has 0 bridgehead atoms. The molecule has 3 N–H and O–H groups in total. The van der Waals surface area contributed by atoms with Crippen LogP contribution in [0.1, 0.15) is 36.0 Å². The summed E-state index contributed by atoms with van der Waals surface area (Å²) in [5.74, 6) is -0.246. The Morgan fingerprint density at radius 2 is 1.88 bits per heavy atom. The van der Waals surface area contributed by atoms with Crippen molar-refractivity contribution in [3.8, 4) is 11.3 Å². The summed E-state index contributed by atoms with van der Waals surface area (Å²) in [6, 6.07) is 7.57. The number of carbonyl (C=O) groups excluding carboxylic acids is 1. The Bertz CT molecular complexity index is 1290. The number of benzene rings is 1. The Morgan fingerprint density at radius 3 is 2.44 bits per heavy atom.